The first-order valence-electron chi connectivity index (χ1n) is 6.77. The molecule has 2 atom stereocenters. The molecule has 1 heterocycles. The van der Waals surface area contributed by atoms with Gasteiger partial charge in [0.1, 0.15) is 17.7 Å². The third kappa shape index (κ3) is 2.81. The average molecular weight is 244 g/mol. The van der Waals surface area contributed by atoms with Crippen molar-refractivity contribution in [3.63, 3.8) is 0 Å². The molecule has 0 N–H and O–H groups in total. The van der Waals surface area contributed by atoms with Crippen LogP contribution in [0.25, 0.3) is 0 Å². The van der Waals surface area contributed by atoms with Crippen molar-refractivity contribution in [3.05, 3.63) is 23.4 Å². The molecule has 1 aliphatic carbocycles. The van der Waals surface area contributed by atoms with E-state index in [0.29, 0.717) is 11.4 Å². The average Bonchev–Trinajstić information content (AvgIpc) is 2.39. The molecule has 1 aliphatic rings. The zero-order valence-electron chi connectivity index (χ0n) is 11.1. The maximum absolute atomic E-state index is 9.16. The highest BCUT2D eigenvalue weighted by molar-refractivity contribution is 5.43. The lowest BCUT2D eigenvalue weighted by Gasteiger charge is -2.28. The van der Waals surface area contributed by atoms with Gasteiger partial charge in [0.2, 0.25) is 5.88 Å². The summed E-state index contributed by atoms with van der Waals surface area (Å²) in [4.78, 5) is 4.21. The second kappa shape index (κ2) is 5.86. The Hall–Kier alpha value is -1.56. The van der Waals surface area contributed by atoms with Crippen molar-refractivity contribution in [2.45, 2.75) is 52.1 Å². The normalized spacial score (nSPS) is 23.4. The lowest BCUT2D eigenvalue weighted by atomic mass is 9.85. The van der Waals surface area contributed by atoms with Crippen LogP contribution in [0.5, 0.6) is 5.88 Å². The molecule has 18 heavy (non-hydrogen) atoms. The Labute approximate surface area is 109 Å². The smallest absolute Gasteiger partial charge is 0.232 e. The van der Waals surface area contributed by atoms with Crippen LogP contribution in [0, 0.1) is 24.2 Å². The number of nitrogens with zero attached hydrogens (tertiary/aromatic N) is 2. The van der Waals surface area contributed by atoms with E-state index in [1.807, 2.05) is 13.0 Å². The Morgan fingerprint density at radius 2 is 2.33 bits per heavy atom. The van der Waals surface area contributed by atoms with Crippen LogP contribution in [0.4, 0.5) is 0 Å². The van der Waals surface area contributed by atoms with E-state index in [-0.39, 0.29) is 6.10 Å². The summed E-state index contributed by atoms with van der Waals surface area (Å²) in [6.07, 6.45) is 7.86. The molecule has 1 aromatic heterocycles. The van der Waals surface area contributed by atoms with Crippen LogP contribution in [0.3, 0.4) is 0 Å². The number of hydrogen-bond acceptors (Lipinski definition) is 3. The highest BCUT2D eigenvalue weighted by atomic mass is 16.5. The molecular weight excluding hydrogens is 224 g/mol. The molecule has 0 bridgehead atoms. The van der Waals surface area contributed by atoms with E-state index in [2.05, 4.69) is 18.0 Å². The quantitative estimate of drug-likeness (QED) is 0.816. The van der Waals surface area contributed by atoms with Crippen molar-refractivity contribution in [1.82, 2.24) is 4.98 Å². The summed E-state index contributed by atoms with van der Waals surface area (Å²) in [6.45, 7) is 4.15. The van der Waals surface area contributed by atoms with Crippen molar-refractivity contribution in [2.24, 2.45) is 5.92 Å². The highest BCUT2D eigenvalue weighted by Gasteiger charge is 2.23. The fourth-order valence-corrected chi connectivity index (χ4v) is 2.64. The largest absolute Gasteiger partial charge is 0.473 e. The summed E-state index contributed by atoms with van der Waals surface area (Å²) in [7, 11) is 0. The van der Waals surface area contributed by atoms with E-state index in [9.17, 15) is 0 Å². The lowest BCUT2D eigenvalue weighted by Crippen LogP contribution is -2.25. The summed E-state index contributed by atoms with van der Waals surface area (Å²) >= 11 is 0. The molecule has 0 radical (unpaired) electrons. The number of ether oxygens (including phenoxy) is 1. The van der Waals surface area contributed by atoms with Crippen molar-refractivity contribution < 1.29 is 4.74 Å². The molecular formula is C15H20N2O. The number of pyridine rings is 1. The van der Waals surface area contributed by atoms with E-state index in [4.69, 9.17) is 10.00 Å². The first-order chi connectivity index (χ1) is 8.74. The highest BCUT2D eigenvalue weighted by Crippen LogP contribution is 2.30. The summed E-state index contributed by atoms with van der Waals surface area (Å²) in [5, 5.41) is 9.16. The first-order valence-corrected chi connectivity index (χ1v) is 6.77. The Morgan fingerprint density at radius 3 is 3.06 bits per heavy atom. The van der Waals surface area contributed by atoms with E-state index in [0.717, 1.165) is 24.3 Å². The van der Waals surface area contributed by atoms with Gasteiger partial charge < -0.3 is 4.74 Å². The van der Waals surface area contributed by atoms with Crippen LogP contribution in [-0.4, -0.2) is 11.1 Å². The number of aromatic nitrogens is 1. The predicted molar refractivity (Wildman–Crippen MR) is 70.4 cm³/mol. The molecule has 3 nitrogen and oxygen atoms in total. The van der Waals surface area contributed by atoms with Gasteiger partial charge in [0.25, 0.3) is 0 Å². The third-order valence-electron chi connectivity index (χ3n) is 3.83. The zero-order chi connectivity index (χ0) is 13.0. The van der Waals surface area contributed by atoms with Gasteiger partial charge in [0, 0.05) is 6.20 Å². The maximum atomic E-state index is 9.16. The van der Waals surface area contributed by atoms with Crippen LogP contribution in [-0.2, 0) is 0 Å². The van der Waals surface area contributed by atoms with Gasteiger partial charge in [-0.05, 0) is 43.7 Å². The molecule has 1 saturated carbocycles. The van der Waals surface area contributed by atoms with Crippen LogP contribution >= 0.6 is 0 Å². The van der Waals surface area contributed by atoms with Crippen LogP contribution < -0.4 is 4.74 Å². The second-order valence-electron chi connectivity index (χ2n) is 5.10. The Balaban J connectivity index is 2.10. The number of nitriles is 1. The Kier molecular flexibility index (Phi) is 4.19. The van der Waals surface area contributed by atoms with Gasteiger partial charge in [-0.15, -0.1) is 0 Å². The van der Waals surface area contributed by atoms with E-state index < -0.39 is 0 Å². The molecule has 96 valence electrons. The molecule has 3 heteroatoms. The molecule has 0 aromatic carbocycles. The topological polar surface area (TPSA) is 45.9 Å². The molecule has 0 saturated heterocycles. The fraction of sp³-hybridized carbons (Fsp3) is 0.600. The van der Waals surface area contributed by atoms with Gasteiger partial charge in [-0.25, -0.2) is 4.98 Å². The van der Waals surface area contributed by atoms with Crippen LogP contribution in [0.2, 0.25) is 0 Å². The minimum Gasteiger partial charge on any atom is -0.473 e. The van der Waals surface area contributed by atoms with Crippen molar-refractivity contribution in [2.75, 3.05) is 0 Å². The van der Waals surface area contributed by atoms with Gasteiger partial charge >= 0.3 is 0 Å². The fourth-order valence-electron chi connectivity index (χ4n) is 2.64. The Morgan fingerprint density at radius 1 is 1.50 bits per heavy atom. The first kappa shape index (κ1) is 12.9. The van der Waals surface area contributed by atoms with Crippen LogP contribution in [0.1, 0.15) is 50.2 Å². The van der Waals surface area contributed by atoms with E-state index >= 15 is 0 Å². The molecule has 2 unspecified atom stereocenters. The van der Waals surface area contributed by atoms with Gasteiger partial charge in [0.05, 0.1) is 0 Å². The van der Waals surface area contributed by atoms with Gasteiger partial charge in [0.15, 0.2) is 0 Å². The third-order valence-corrected chi connectivity index (χ3v) is 3.83. The molecule has 0 spiro atoms. The van der Waals surface area contributed by atoms with Crippen molar-refractivity contribution >= 4 is 0 Å². The van der Waals surface area contributed by atoms with Gasteiger partial charge in [-0.1, -0.05) is 19.8 Å². The minimum absolute atomic E-state index is 0.227. The number of aryl methyl sites for hydroxylation is 1. The maximum Gasteiger partial charge on any atom is 0.232 e. The summed E-state index contributed by atoms with van der Waals surface area (Å²) < 4.78 is 5.96. The summed E-state index contributed by atoms with van der Waals surface area (Å²) in [6, 6.07) is 4.04. The molecule has 0 aliphatic heterocycles. The number of hydrogen-bond donors (Lipinski definition) is 0. The second-order valence-corrected chi connectivity index (χ2v) is 5.10. The van der Waals surface area contributed by atoms with Crippen molar-refractivity contribution in [1.29, 1.82) is 5.26 Å². The molecule has 1 aromatic rings. The van der Waals surface area contributed by atoms with E-state index in [1.54, 1.807) is 6.20 Å². The lowest BCUT2D eigenvalue weighted by molar-refractivity contribution is 0.116. The zero-order valence-corrected chi connectivity index (χ0v) is 11.1. The summed E-state index contributed by atoms with van der Waals surface area (Å²) in [5.41, 5.74) is 1.52. The monoisotopic (exact) mass is 244 g/mol. The van der Waals surface area contributed by atoms with Crippen LogP contribution in [0.15, 0.2) is 12.3 Å². The molecule has 2 rings (SSSR count). The Bertz CT molecular complexity index is 450. The minimum atomic E-state index is 0.227. The SMILES string of the molecule is CCC1CCCC(Oc2nccc(C)c2C#N)C1. The number of rotatable bonds is 3. The standard InChI is InChI=1S/C15H20N2O/c1-3-12-5-4-6-13(9-12)18-15-14(10-16)11(2)7-8-17-15/h7-8,12-13H,3-6,9H2,1-2H3. The van der Waals surface area contributed by atoms with Gasteiger partial charge in [-0.2, -0.15) is 5.26 Å². The molecule has 1 fully saturated rings. The van der Waals surface area contributed by atoms with Gasteiger partial charge in [-0.3, -0.25) is 0 Å². The summed E-state index contributed by atoms with van der Waals surface area (Å²) in [5.74, 6) is 1.28. The van der Waals surface area contributed by atoms with E-state index in [1.165, 1.54) is 19.3 Å². The molecule has 0 amide bonds. The predicted octanol–water partition coefficient (Wildman–Crippen LogP) is 3.61. The van der Waals surface area contributed by atoms with Crippen molar-refractivity contribution in [3.8, 4) is 11.9 Å².